The van der Waals surface area contributed by atoms with Crippen molar-refractivity contribution in [1.29, 1.82) is 0 Å². The second-order valence-corrected chi connectivity index (χ2v) is 7.47. The summed E-state index contributed by atoms with van der Waals surface area (Å²) >= 11 is 0. The fraction of sp³-hybridized carbons (Fsp3) is 0.438. The fourth-order valence-corrected chi connectivity index (χ4v) is 3.54. The molecule has 2 unspecified atom stereocenters. The van der Waals surface area contributed by atoms with Crippen LogP contribution in [-0.4, -0.2) is 57.9 Å². The Balaban J connectivity index is 3.27. The Morgan fingerprint density at radius 3 is 1.96 bits per heavy atom. The van der Waals surface area contributed by atoms with Gasteiger partial charge < -0.3 is 23.4 Å². The van der Waals surface area contributed by atoms with E-state index in [1.807, 2.05) is 0 Å². The number of hydrogen-bond acceptors (Lipinski definition) is 9. The SMILES string of the molecule is COC(=O)C(O/N=C(\C)c1ccc(F)cc1)C(C(=O)OC)P(=O)(OC)OC. The fourth-order valence-electron chi connectivity index (χ4n) is 2.07. The Kier molecular flexibility index (Phi) is 8.55. The summed E-state index contributed by atoms with van der Waals surface area (Å²) in [5.41, 5.74) is -1.02. The van der Waals surface area contributed by atoms with Crippen LogP contribution in [0.2, 0.25) is 0 Å². The van der Waals surface area contributed by atoms with Gasteiger partial charge in [0.05, 0.1) is 19.9 Å². The second-order valence-electron chi connectivity index (χ2n) is 5.11. The minimum absolute atomic E-state index is 0.261. The number of benzene rings is 1. The summed E-state index contributed by atoms with van der Waals surface area (Å²) in [5, 5.41) is 3.77. The average molecular weight is 405 g/mol. The van der Waals surface area contributed by atoms with Gasteiger partial charge in [-0.15, -0.1) is 0 Å². The van der Waals surface area contributed by atoms with Gasteiger partial charge >= 0.3 is 19.5 Å². The van der Waals surface area contributed by atoms with Gasteiger partial charge in [-0.3, -0.25) is 9.36 Å². The van der Waals surface area contributed by atoms with Gasteiger partial charge in [-0.1, -0.05) is 17.3 Å². The highest BCUT2D eigenvalue weighted by molar-refractivity contribution is 7.55. The number of halogens is 1. The van der Waals surface area contributed by atoms with E-state index in [1.165, 1.54) is 31.2 Å². The first-order valence-corrected chi connectivity index (χ1v) is 9.18. The lowest BCUT2D eigenvalue weighted by Gasteiger charge is -2.26. The predicted octanol–water partition coefficient (Wildman–Crippen LogP) is 2.14. The average Bonchev–Trinajstić information content (AvgIpc) is 2.69. The molecule has 9 nitrogen and oxygen atoms in total. The Labute approximate surface area is 155 Å². The molecule has 0 heterocycles. The number of oxime groups is 1. The molecule has 27 heavy (non-hydrogen) atoms. The smallest absolute Gasteiger partial charge is 0.351 e. The van der Waals surface area contributed by atoms with E-state index in [1.54, 1.807) is 0 Å². The molecule has 0 saturated carbocycles. The molecular formula is C16H21FNO8P. The van der Waals surface area contributed by atoms with Gasteiger partial charge in [0, 0.05) is 14.2 Å². The third-order valence-electron chi connectivity index (χ3n) is 3.58. The normalized spacial score (nSPS) is 14.2. The molecule has 0 aliphatic rings. The van der Waals surface area contributed by atoms with Gasteiger partial charge in [0.25, 0.3) is 0 Å². The third kappa shape index (κ3) is 5.59. The first-order chi connectivity index (χ1) is 12.7. The molecule has 0 aliphatic heterocycles. The molecule has 11 heteroatoms. The monoisotopic (exact) mass is 405 g/mol. The molecule has 150 valence electrons. The number of rotatable bonds is 9. The van der Waals surface area contributed by atoms with Crippen LogP contribution in [0.3, 0.4) is 0 Å². The lowest BCUT2D eigenvalue weighted by atomic mass is 10.1. The van der Waals surface area contributed by atoms with Crippen LogP contribution in [0.15, 0.2) is 29.4 Å². The molecule has 0 spiro atoms. The number of esters is 2. The largest absolute Gasteiger partial charge is 0.468 e. The minimum Gasteiger partial charge on any atom is -0.468 e. The first kappa shape index (κ1) is 22.8. The summed E-state index contributed by atoms with van der Waals surface area (Å²) in [7, 11) is 0.0255. The maximum absolute atomic E-state index is 13.0. The predicted molar refractivity (Wildman–Crippen MR) is 92.9 cm³/mol. The molecule has 1 aromatic rings. The molecule has 0 aliphatic carbocycles. The van der Waals surface area contributed by atoms with E-state index in [4.69, 9.17) is 13.9 Å². The van der Waals surface area contributed by atoms with Crippen molar-refractivity contribution < 1.29 is 41.9 Å². The highest BCUT2D eigenvalue weighted by Crippen LogP contribution is 2.54. The zero-order valence-corrected chi connectivity index (χ0v) is 16.4. The molecule has 2 atom stereocenters. The van der Waals surface area contributed by atoms with Crippen LogP contribution in [0.25, 0.3) is 0 Å². The van der Waals surface area contributed by atoms with E-state index in [0.29, 0.717) is 5.56 Å². The zero-order chi connectivity index (χ0) is 20.6. The summed E-state index contributed by atoms with van der Waals surface area (Å²) in [6.45, 7) is 1.53. The molecular weight excluding hydrogens is 384 g/mol. The van der Waals surface area contributed by atoms with E-state index >= 15 is 0 Å². The van der Waals surface area contributed by atoms with E-state index in [-0.39, 0.29) is 5.71 Å². The maximum Gasteiger partial charge on any atom is 0.351 e. The molecule has 0 aromatic heterocycles. The Hall–Kier alpha value is -2.29. The van der Waals surface area contributed by atoms with Gasteiger partial charge in [-0.2, -0.15) is 0 Å². The Bertz CT molecular complexity index is 728. The number of nitrogens with zero attached hydrogens (tertiary/aromatic N) is 1. The maximum atomic E-state index is 13.0. The molecule has 0 amide bonds. The standard InChI is InChI=1S/C16H21FNO8P/c1-10(11-6-8-12(17)9-7-11)18-26-13(15(19)22-2)14(16(20)23-3)27(21,24-4)25-5/h6-9,13-14H,1-5H3/b18-10+. The number of methoxy groups -OCH3 is 2. The second kappa shape index (κ2) is 10.1. The van der Waals surface area contributed by atoms with Gasteiger partial charge in [-0.25, -0.2) is 9.18 Å². The number of carbonyl (C=O) groups excluding carboxylic acids is 2. The van der Waals surface area contributed by atoms with Crippen LogP contribution < -0.4 is 0 Å². The summed E-state index contributed by atoms with van der Waals surface area (Å²) in [6.07, 6.45) is -1.77. The number of carbonyl (C=O) groups is 2. The van der Waals surface area contributed by atoms with E-state index in [0.717, 1.165) is 28.4 Å². The van der Waals surface area contributed by atoms with Gasteiger partial charge in [0.2, 0.25) is 11.8 Å². The number of ether oxygens (including phenoxy) is 2. The van der Waals surface area contributed by atoms with E-state index in [9.17, 15) is 18.5 Å². The molecule has 0 radical (unpaired) electrons. The van der Waals surface area contributed by atoms with Crippen molar-refractivity contribution in [2.45, 2.75) is 18.7 Å². The summed E-state index contributed by atoms with van der Waals surface area (Å²) < 4.78 is 44.6. The van der Waals surface area contributed by atoms with E-state index < -0.39 is 37.1 Å². The van der Waals surface area contributed by atoms with Crippen LogP contribution >= 0.6 is 7.60 Å². The Morgan fingerprint density at radius 2 is 1.52 bits per heavy atom. The molecule has 0 saturated heterocycles. The Morgan fingerprint density at radius 1 is 1.00 bits per heavy atom. The lowest BCUT2D eigenvalue weighted by Crippen LogP contribution is -2.43. The van der Waals surface area contributed by atoms with Crippen molar-refractivity contribution in [2.75, 3.05) is 28.4 Å². The molecule has 0 bridgehead atoms. The quantitative estimate of drug-likeness (QED) is 0.266. The van der Waals surface area contributed by atoms with Crippen LogP contribution in [0.5, 0.6) is 0 Å². The molecule has 0 fully saturated rings. The van der Waals surface area contributed by atoms with Crippen LogP contribution in [-0.2, 0) is 37.5 Å². The van der Waals surface area contributed by atoms with Crippen molar-refractivity contribution in [3.8, 4) is 0 Å². The van der Waals surface area contributed by atoms with Crippen LogP contribution in [0.4, 0.5) is 4.39 Å². The van der Waals surface area contributed by atoms with Crippen molar-refractivity contribution in [1.82, 2.24) is 0 Å². The van der Waals surface area contributed by atoms with E-state index in [2.05, 4.69) is 14.6 Å². The van der Waals surface area contributed by atoms with Crippen LogP contribution in [0, 0.1) is 5.82 Å². The van der Waals surface area contributed by atoms with Crippen molar-refractivity contribution in [2.24, 2.45) is 5.16 Å². The highest BCUT2D eigenvalue weighted by atomic mass is 31.2. The van der Waals surface area contributed by atoms with Crippen molar-refractivity contribution >= 4 is 25.2 Å². The summed E-state index contributed by atoms with van der Waals surface area (Å²) in [4.78, 5) is 29.5. The molecule has 0 N–H and O–H groups in total. The molecule has 1 rings (SSSR count). The zero-order valence-electron chi connectivity index (χ0n) is 15.5. The highest BCUT2D eigenvalue weighted by Gasteiger charge is 2.52. The third-order valence-corrected chi connectivity index (χ3v) is 5.76. The first-order valence-electron chi connectivity index (χ1n) is 7.57. The summed E-state index contributed by atoms with van der Waals surface area (Å²) in [5.74, 6) is -2.56. The van der Waals surface area contributed by atoms with Crippen molar-refractivity contribution in [3.63, 3.8) is 0 Å². The van der Waals surface area contributed by atoms with Crippen molar-refractivity contribution in [3.05, 3.63) is 35.6 Å². The van der Waals surface area contributed by atoms with Gasteiger partial charge in [0.15, 0.2) is 0 Å². The lowest BCUT2D eigenvalue weighted by molar-refractivity contribution is -0.160. The van der Waals surface area contributed by atoms with Gasteiger partial charge in [-0.05, 0) is 24.6 Å². The topological polar surface area (TPSA) is 110 Å². The summed E-state index contributed by atoms with van der Waals surface area (Å²) in [6, 6.07) is 5.32. The van der Waals surface area contributed by atoms with Gasteiger partial charge in [0.1, 0.15) is 5.82 Å². The molecule has 1 aromatic carbocycles. The minimum atomic E-state index is -4.14. The number of hydrogen-bond donors (Lipinski definition) is 0. The van der Waals surface area contributed by atoms with Crippen LogP contribution in [0.1, 0.15) is 12.5 Å².